The number of halogens is 1. The van der Waals surface area contributed by atoms with Gasteiger partial charge < -0.3 is 24.6 Å². The number of nitrogens with one attached hydrogen (secondary N) is 1. The Morgan fingerprint density at radius 2 is 1.75 bits per heavy atom. The first-order valence-corrected chi connectivity index (χ1v) is 10.4. The maximum atomic E-state index is 12.4. The van der Waals surface area contributed by atoms with Crippen LogP contribution in [0.4, 0.5) is 0 Å². The molecule has 1 amide bonds. The molecule has 0 saturated carbocycles. The number of amides is 1. The van der Waals surface area contributed by atoms with Gasteiger partial charge in [-0.3, -0.25) is 14.7 Å². The zero-order chi connectivity index (χ0) is 18.9. The summed E-state index contributed by atoms with van der Waals surface area (Å²) < 4.78 is 10.9. The van der Waals surface area contributed by atoms with Crippen molar-refractivity contribution in [2.45, 2.75) is 31.8 Å². The fraction of sp³-hybridized carbons (Fsp3) is 0.895. The number of morpholine rings is 1. The molecule has 3 aliphatic rings. The van der Waals surface area contributed by atoms with Crippen LogP contribution in [-0.4, -0.2) is 112 Å². The second-order valence-electron chi connectivity index (χ2n) is 7.45. The van der Waals surface area contributed by atoms with Crippen LogP contribution in [0.2, 0.25) is 0 Å². The maximum absolute atomic E-state index is 12.4. The van der Waals surface area contributed by atoms with Gasteiger partial charge in [-0.15, -0.1) is 24.0 Å². The van der Waals surface area contributed by atoms with Crippen molar-refractivity contribution in [3.05, 3.63) is 0 Å². The standard InChI is InChI=1S/C19H35N5O3.HI/c1-20-19(21-6-2-3-7-22-12-15-26-16-13-22)24-10-8-23(9-11-24)18(25)17-5-4-14-27-17;/h17H,2-16H2,1H3,(H,20,21);1H. The van der Waals surface area contributed by atoms with E-state index in [-0.39, 0.29) is 36.0 Å². The van der Waals surface area contributed by atoms with Crippen LogP contribution in [-0.2, 0) is 14.3 Å². The highest BCUT2D eigenvalue weighted by Gasteiger charge is 2.30. The third-order valence-electron chi connectivity index (χ3n) is 5.60. The van der Waals surface area contributed by atoms with Gasteiger partial charge in [-0.25, -0.2) is 0 Å². The number of rotatable bonds is 6. The second-order valence-corrected chi connectivity index (χ2v) is 7.45. The van der Waals surface area contributed by atoms with E-state index < -0.39 is 0 Å². The van der Waals surface area contributed by atoms with Gasteiger partial charge in [0.2, 0.25) is 0 Å². The Hall–Kier alpha value is -0.650. The van der Waals surface area contributed by atoms with E-state index in [0.29, 0.717) is 0 Å². The summed E-state index contributed by atoms with van der Waals surface area (Å²) in [5.41, 5.74) is 0. The Kier molecular flexibility index (Phi) is 10.8. The van der Waals surface area contributed by atoms with Crippen LogP contribution < -0.4 is 5.32 Å². The third kappa shape index (κ3) is 7.00. The van der Waals surface area contributed by atoms with Crippen LogP contribution in [0.3, 0.4) is 0 Å². The fourth-order valence-corrected chi connectivity index (χ4v) is 3.93. The van der Waals surface area contributed by atoms with E-state index in [2.05, 4.69) is 20.1 Å². The number of hydrogen-bond acceptors (Lipinski definition) is 5. The Morgan fingerprint density at radius 1 is 1.04 bits per heavy atom. The van der Waals surface area contributed by atoms with Crippen molar-refractivity contribution < 1.29 is 14.3 Å². The lowest BCUT2D eigenvalue weighted by Gasteiger charge is -2.37. The number of ether oxygens (including phenoxy) is 2. The van der Waals surface area contributed by atoms with Gasteiger partial charge in [0, 0.05) is 59.5 Å². The minimum absolute atomic E-state index is 0. The monoisotopic (exact) mass is 509 g/mol. The van der Waals surface area contributed by atoms with Crippen molar-refractivity contribution in [1.29, 1.82) is 0 Å². The molecule has 8 nitrogen and oxygen atoms in total. The van der Waals surface area contributed by atoms with E-state index in [1.807, 2.05) is 11.9 Å². The molecule has 9 heteroatoms. The summed E-state index contributed by atoms with van der Waals surface area (Å²) in [7, 11) is 1.83. The SMILES string of the molecule is CN=C(NCCCCN1CCOCC1)N1CCN(C(=O)C2CCCO2)CC1.I. The van der Waals surface area contributed by atoms with Crippen molar-refractivity contribution in [2.24, 2.45) is 4.99 Å². The lowest BCUT2D eigenvalue weighted by molar-refractivity contribution is -0.142. The average molecular weight is 509 g/mol. The maximum Gasteiger partial charge on any atom is 0.251 e. The molecule has 1 N–H and O–H groups in total. The van der Waals surface area contributed by atoms with Crippen LogP contribution in [0, 0.1) is 0 Å². The first kappa shape index (κ1) is 23.6. The average Bonchev–Trinajstić information content (AvgIpc) is 3.26. The lowest BCUT2D eigenvalue weighted by Crippen LogP contribution is -2.55. The summed E-state index contributed by atoms with van der Waals surface area (Å²) in [5, 5.41) is 3.48. The molecule has 1 unspecified atom stereocenters. The molecular weight excluding hydrogens is 473 g/mol. The molecule has 0 bridgehead atoms. The second kappa shape index (κ2) is 12.8. The number of carbonyl (C=O) groups excluding carboxylic acids is 1. The molecule has 1 atom stereocenters. The number of aliphatic imine (C=N–C) groups is 1. The van der Waals surface area contributed by atoms with E-state index in [1.54, 1.807) is 0 Å². The van der Waals surface area contributed by atoms with Crippen molar-refractivity contribution >= 4 is 35.8 Å². The molecular formula is C19H36IN5O3. The first-order chi connectivity index (χ1) is 13.3. The zero-order valence-electron chi connectivity index (χ0n) is 17.1. The van der Waals surface area contributed by atoms with Crippen LogP contribution in [0.1, 0.15) is 25.7 Å². The molecule has 3 heterocycles. The third-order valence-corrected chi connectivity index (χ3v) is 5.60. The van der Waals surface area contributed by atoms with Crippen LogP contribution in [0.5, 0.6) is 0 Å². The van der Waals surface area contributed by atoms with Crippen molar-refractivity contribution in [3.8, 4) is 0 Å². The van der Waals surface area contributed by atoms with Gasteiger partial charge in [0.05, 0.1) is 13.2 Å². The highest BCUT2D eigenvalue weighted by atomic mass is 127. The molecule has 3 fully saturated rings. The van der Waals surface area contributed by atoms with E-state index in [0.717, 1.165) is 97.4 Å². The van der Waals surface area contributed by atoms with Gasteiger partial charge >= 0.3 is 0 Å². The molecule has 0 radical (unpaired) electrons. The van der Waals surface area contributed by atoms with Gasteiger partial charge in [-0.05, 0) is 32.2 Å². The van der Waals surface area contributed by atoms with Crippen LogP contribution in [0.25, 0.3) is 0 Å². The first-order valence-electron chi connectivity index (χ1n) is 10.4. The highest BCUT2D eigenvalue weighted by molar-refractivity contribution is 14.0. The minimum Gasteiger partial charge on any atom is -0.379 e. The number of guanidine groups is 1. The van der Waals surface area contributed by atoms with E-state index in [4.69, 9.17) is 9.47 Å². The molecule has 28 heavy (non-hydrogen) atoms. The summed E-state index contributed by atoms with van der Waals surface area (Å²) in [6, 6.07) is 0. The van der Waals surface area contributed by atoms with E-state index in [9.17, 15) is 4.79 Å². The zero-order valence-corrected chi connectivity index (χ0v) is 19.4. The molecule has 0 aliphatic carbocycles. The summed E-state index contributed by atoms with van der Waals surface area (Å²) >= 11 is 0. The Labute approximate surface area is 186 Å². The van der Waals surface area contributed by atoms with Crippen LogP contribution in [0.15, 0.2) is 4.99 Å². The van der Waals surface area contributed by atoms with Gasteiger partial charge in [-0.2, -0.15) is 0 Å². The van der Waals surface area contributed by atoms with Gasteiger partial charge in [0.1, 0.15) is 6.10 Å². The molecule has 0 aromatic rings. The number of carbonyl (C=O) groups is 1. The topological polar surface area (TPSA) is 69.6 Å². The molecule has 3 rings (SSSR count). The number of hydrogen-bond donors (Lipinski definition) is 1. The number of unbranched alkanes of at least 4 members (excludes halogenated alkanes) is 1. The smallest absolute Gasteiger partial charge is 0.251 e. The molecule has 0 aromatic heterocycles. The van der Waals surface area contributed by atoms with Gasteiger partial charge in [-0.1, -0.05) is 0 Å². The summed E-state index contributed by atoms with van der Waals surface area (Å²) in [6.45, 7) is 9.80. The Balaban J connectivity index is 0.00000280. The lowest BCUT2D eigenvalue weighted by atomic mass is 10.2. The van der Waals surface area contributed by atoms with Crippen LogP contribution >= 0.6 is 24.0 Å². The largest absolute Gasteiger partial charge is 0.379 e. The predicted molar refractivity (Wildman–Crippen MR) is 120 cm³/mol. The summed E-state index contributed by atoms with van der Waals surface area (Å²) in [5.74, 6) is 1.11. The van der Waals surface area contributed by atoms with Crippen molar-refractivity contribution in [3.63, 3.8) is 0 Å². The number of nitrogens with zero attached hydrogens (tertiary/aromatic N) is 4. The molecule has 162 valence electrons. The Morgan fingerprint density at radius 3 is 2.39 bits per heavy atom. The van der Waals surface area contributed by atoms with Gasteiger partial charge in [0.15, 0.2) is 5.96 Å². The quantitative estimate of drug-likeness (QED) is 0.245. The molecule has 3 aliphatic heterocycles. The fourth-order valence-electron chi connectivity index (χ4n) is 3.93. The van der Waals surface area contributed by atoms with Gasteiger partial charge in [0.25, 0.3) is 5.91 Å². The molecule has 3 saturated heterocycles. The highest BCUT2D eigenvalue weighted by Crippen LogP contribution is 2.16. The number of piperazine rings is 1. The molecule has 0 spiro atoms. The van der Waals surface area contributed by atoms with Crippen molar-refractivity contribution in [2.75, 3.05) is 79.2 Å². The predicted octanol–water partition coefficient (Wildman–Crippen LogP) is 0.615. The van der Waals surface area contributed by atoms with Crippen molar-refractivity contribution in [1.82, 2.24) is 20.0 Å². The summed E-state index contributed by atoms with van der Waals surface area (Å²) in [6.07, 6.45) is 3.98. The van der Waals surface area contributed by atoms with E-state index in [1.165, 1.54) is 6.42 Å². The summed E-state index contributed by atoms with van der Waals surface area (Å²) in [4.78, 5) is 23.5. The Bertz CT molecular complexity index is 488. The minimum atomic E-state index is -0.208. The van der Waals surface area contributed by atoms with E-state index >= 15 is 0 Å². The normalized spacial score (nSPS) is 24.2. The molecule has 0 aromatic carbocycles.